The van der Waals surface area contributed by atoms with Crippen molar-refractivity contribution in [1.82, 2.24) is 5.32 Å². The van der Waals surface area contributed by atoms with Gasteiger partial charge in [-0.3, -0.25) is 20.2 Å². The molecule has 0 bridgehead atoms. The van der Waals surface area contributed by atoms with Gasteiger partial charge in [0.25, 0.3) is 11.6 Å². The molecule has 0 aromatic heterocycles. The van der Waals surface area contributed by atoms with Crippen molar-refractivity contribution in [1.29, 1.82) is 0 Å². The lowest BCUT2D eigenvalue weighted by Crippen LogP contribution is -2.34. The highest BCUT2D eigenvalue weighted by atomic mass is 35.5. The van der Waals surface area contributed by atoms with Crippen molar-refractivity contribution in [3.8, 4) is 11.5 Å². The number of para-hydroxylation sites is 1. The van der Waals surface area contributed by atoms with Gasteiger partial charge in [-0.15, -0.1) is 0 Å². The van der Waals surface area contributed by atoms with Gasteiger partial charge in [-0.1, -0.05) is 35.9 Å². The molecule has 3 aromatic rings. The summed E-state index contributed by atoms with van der Waals surface area (Å²) >= 11 is 11.2. The van der Waals surface area contributed by atoms with E-state index in [-0.39, 0.29) is 15.8 Å². The molecule has 0 radical (unpaired) electrons. The number of hydrogen-bond donors (Lipinski definition) is 2. The lowest BCUT2D eigenvalue weighted by molar-refractivity contribution is -0.384. The summed E-state index contributed by atoms with van der Waals surface area (Å²) in [6, 6.07) is 19.9. The van der Waals surface area contributed by atoms with Gasteiger partial charge in [-0.05, 0) is 48.6 Å². The Morgan fingerprint density at radius 1 is 0.969 bits per heavy atom. The maximum Gasteiger partial charge on any atom is 0.271 e. The number of nitro benzene ring substituents is 1. The third-order valence-electron chi connectivity index (χ3n) is 4.10. The molecule has 32 heavy (non-hydrogen) atoms. The standard InChI is InChI=1S/C22H18ClN3O5S/c23-19-14-16(26(28)29)9-10-20(19)24-22(32)25-21(27)15-5-4-8-18(13-15)31-12-11-30-17-6-2-1-3-7-17/h1-10,13-14H,11-12H2,(H2,24,25,27,32). The Labute approximate surface area is 194 Å². The van der Waals surface area contributed by atoms with E-state index >= 15 is 0 Å². The number of halogens is 1. The molecule has 164 valence electrons. The number of amides is 1. The Balaban J connectivity index is 1.51. The van der Waals surface area contributed by atoms with E-state index in [0.29, 0.717) is 30.2 Å². The van der Waals surface area contributed by atoms with Crippen LogP contribution in [0.1, 0.15) is 10.4 Å². The molecule has 0 aliphatic rings. The maximum absolute atomic E-state index is 12.5. The van der Waals surface area contributed by atoms with Crippen LogP contribution in [-0.4, -0.2) is 29.2 Å². The highest BCUT2D eigenvalue weighted by Crippen LogP contribution is 2.26. The zero-order valence-electron chi connectivity index (χ0n) is 16.6. The molecule has 0 spiro atoms. The number of thiocarbonyl (C=S) groups is 1. The largest absolute Gasteiger partial charge is 0.490 e. The van der Waals surface area contributed by atoms with Gasteiger partial charge in [0.1, 0.15) is 24.7 Å². The van der Waals surface area contributed by atoms with Gasteiger partial charge in [-0.25, -0.2) is 0 Å². The van der Waals surface area contributed by atoms with Crippen molar-refractivity contribution in [2.45, 2.75) is 0 Å². The Hall–Kier alpha value is -3.69. The lowest BCUT2D eigenvalue weighted by Gasteiger charge is -2.12. The van der Waals surface area contributed by atoms with Crippen molar-refractivity contribution < 1.29 is 19.2 Å². The van der Waals surface area contributed by atoms with Crippen LogP contribution in [-0.2, 0) is 0 Å². The molecule has 3 rings (SSSR count). The van der Waals surface area contributed by atoms with E-state index in [1.54, 1.807) is 24.3 Å². The molecule has 1 amide bonds. The summed E-state index contributed by atoms with van der Waals surface area (Å²) in [4.78, 5) is 22.7. The first-order valence-corrected chi connectivity index (χ1v) is 10.2. The number of benzene rings is 3. The summed E-state index contributed by atoms with van der Waals surface area (Å²) < 4.78 is 11.2. The predicted molar refractivity (Wildman–Crippen MR) is 126 cm³/mol. The minimum absolute atomic E-state index is 0.00617. The first kappa shape index (κ1) is 23.0. The lowest BCUT2D eigenvalue weighted by atomic mass is 10.2. The van der Waals surface area contributed by atoms with Crippen LogP contribution in [0.4, 0.5) is 11.4 Å². The molecular formula is C22H18ClN3O5S. The number of nitrogens with one attached hydrogen (secondary N) is 2. The quantitative estimate of drug-likeness (QED) is 0.210. The van der Waals surface area contributed by atoms with Crippen molar-refractivity contribution in [2.24, 2.45) is 0 Å². The minimum atomic E-state index is -0.557. The molecule has 0 aliphatic carbocycles. The van der Waals surface area contributed by atoms with E-state index in [9.17, 15) is 14.9 Å². The van der Waals surface area contributed by atoms with Crippen LogP contribution in [0.3, 0.4) is 0 Å². The smallest absolute Gasteiger partial charge is 0.271 e. The van der Waals surface area contributed by atoms with Crippen LogP contribution in [0.2, 0.25) is 5.02 Å². The Morgan fingerprint density at radius 2 is 1.66 bits per heavy atom. The molecule has 10 heteroatoms. The number of anilines is 1. The van der Waals surface area contributed by atoms with Crippen LogP contribution in [0.15, 0.2) is 72.8 Å². The zero-order chi connectivity index (χ0) is 22.9. The van der Waals surface area contributed by atoms with Crippen LogP contribution in [0, 0.1) is 10.1 Å². The number of rotatable bonds is 8. The van der Waals surface area contributed by atoms with Crippen LogP contribution in [0.5, 0.6) is 11.5 Å². The number of ether oxygens (including phenoxy) is 2. The molecule has 3 aromatic carbocycles. The molecule has 0 heterocycles. The maximum atomic E-state index is 12.5. The van der Waals surface area contributed by atoms with Crippen LogP contribution in [0.25, 0.3) is 0 Å². The number of hydrogen-bond acceptors (Lipinski definition) is 6. The third kappa shape index (κ3) is 6.66. The molecule has 8 nitrogen and oxygen atoms in total. The molecule has 2 N–H and O–H groups in total. The van der Waals surface area contributed by atoms with E-state index in [1.807, 2.05) is 30.3 Å². The van der Waals surface area contributed by atoms with Crippen molar-refractivity contribution in [2.75, 3.05) is 18.5 Å². The Bertz CT molecular complexity index is 1130. The van der Waals surface area contributed by atoms with Gasteiger partial charge in [0, 0.05) is 17.7 Å². The first-order chi connectivity index (χ1) is 15.4. The van der Waals surface area contributed by atoms with Gasteiger partial charge in [0.2, 0.25) is 0 Å². The second-order valence-corrected chi connectivity index (χ2v) is 7.18. The van der Waals surface area contributed by atoms with E-state index in [4.69, 9.17) is 33.3 Å². The SMILES string of the molecule is O=C(NC(=S)Nc1ccc([N+](=O)[O-])cc1Cl)c1cccc(OCCOc2ccccc2)c1. The Kier molecular flexibility index (Phi) is 7.96. The summed E-state index contributed by atoms with van der Waals surface area (Å²) in [6.07, 6.45) is 0. The van der Waals surface area contributed by atoms with Gasteiger partial charge in [0.15, 0.2) is 5.11 Å². The fourth-order valence-corrected chi connectivity index (χ4v) is 3.04. The highest BCUT2D eigenvalue weighted by molar-refractivity contribution is 7.80. The minimum Gasteiger partial charge on any atom is -0.490 e. The van der Waals surface area contributed by atoms with E-state index in [1.165, 1.54) is 18.2 Å². The second-order valence-electron chi connectivity index (χ2n) is 6.37. The summed E-state index contributed by atoms with van der Waals surface area (Å²) in [5, 5.41) is 16.2. The topological polar surface area (TPSA) is 103 Å². The summed E-state index contributed by atoms with van der Waals surface area (Å²) in [5.41, 5.74) is 0.518. The fourth-order valence-electron chi connectivity index (χ4n) is 2.61. The van der Waals surface area contributed by atoms with Crippen molar-refractivity contribution >= 4 is 46.2 Å². The molecule has 0 unspecified atom stereocenters. The van der Waals surface area contributed by atoms with Gasteiger partial charge in [0.05, 0.1) is 15.6 Å². The molecule has 0 atom stereocenters. The van der Waals surface area contributed by atoms with Gasteiger partial charge >= 0.3 is 0 Å². The monoisotopic (exact) mass is 471 g/mol. The molecule has 0 saturated heterocycles. The molecular weight excluding hydrogens is 454 g/mol. The number of nitro groups is 1. The second kappa shape index (κ2) is 11.1. The van der Waals surface area contributed by atoms with E-state index < -0.39 is 10.8 Å². The zero-order valence-corrected chi connectivity index (χ0v) is 18.2. The number of nitrogens with zero attached hydrogens (tertiary/aromatic N) is 1. The van der Waals surface area contributed by atoms with Gasteiger partial charge < -0.3 is 14.8 Å². The third-order valence-corrected chi connectivity index (χ3v) is 4.62. The van der Waals surface area contributed by atoms with Gasteiger partial charge in [-0.2, -0.15) is 0 Å². The van der Waals surface area contributed by atoms with Crippen molar-refractivity contribution in [3.05, 3.63) is 93.5 Å². The van der Waals surface area contributed by atoms with Crippen LogP contribution >= 0.6 is 23.8 Å². The fraction of sp³-hybridized carbons (Fsp3) is 0.0909. The van der Waals surface area contributed by atoms with Crippen molar-refractivity contribution in [3.63, 3.8) is 0 Å². The highest BCUT2D eigenvalue weighted by Gasteiger charge is 2.13. The summed E-state index contributed by atoms with van der Waals surface area (Å²) in [7, 11) is 0. The molecule has 0 aliphatic heterocycles. The normalized spacial score (nSPS) is 10.2. The van der Waals surface area contributed by atoms with E-state index in [0.717, 1.165) is 5.75 Å². The van der Waals surface area contributed by atoms with E-state index in [2.05, 4.69) is 10.6 Å². The summed E-state index contributed by atoms with van der Waals surface area (Å²) in [6.45, 7) is 0.656. The average Bonchev–Trinajstić information content (AvgIpc) is 2.79. The number of non-ortho nitro benzene ring substituents is 1. The average molecular weight is 472 g/mol. The number of carbonyl (C=O) groups excluding carboxylic acids is 1. The predicted octanol–water partition coefficient (Wildman–Crippen LogP) is 4.83. The molecule has 0 saturated carbocycles. The Morgan fingerprint density at radius 3 is 2.34 bits per heavy atom. The number of carbonyl (C=O) groups is 1. The molecule has 0 fully saturated rings. The first-order valence-electron chi connectivity index (χ1n) is 9.39. The summed E-state index contributed by atoms with van der Waals surface area (Å²) in [5.74, 6) is 0.802. The van der Waals surface area contributed by atoms with Crippen LogP contribution < -0.4 is 20.1 Å².